The maximum atomic E-state index is 4.78. The van der Waals surface area contributed by atoms with Crippen LogP contribution in [0.25, 0.3) is 0 Å². The Kier molecular flexibility index (Phi) is 12.5. The summed E-state index contributed by atoms with van der Waals surface area (Å²) in [6, 6.07) is 0. The molecule has 0 aliphatic rings. The monoisotopic (exact) mass is 228 g/mol. The highest BCUT2D eigenvalue weighted by molar-refractivity contribution is 4.97. The van der Waals surface area contributed by atoms with Crippen LogP contribution in [-0.4, -0.2) is 6.61 Å². The van der Waals surface area contributed by atoms with Crippen LogP contribution in [0.4, 0.5) is 0 Å². The molecule has 0 aromatic heterocycles. The molecule has 0 spiro atoms. The topological polar surface area (TPSA) is 36.9 Å². The highest BCUT2D eigenvalue weighted by atomic mass is 16.6. The third-order valence-corrected chi connectivity index (χ3v) is 2.91. The molecule has 16 heavy (non-hydrogen) atoms. The molecule has 0 saturated heterocycles. The lowest BCUT2D eigenvalue weighted by Crippen LogP contribution is -2.49. The van der Waals surface area contributed by atoms with E-state index in [0.717, 1.165) is 13.0 Å². The molecule has 3 N–H and O–H groups in total. The fourth-order valence-corrected chi connectivity index (χ4v) is 1.81. The van der Waals surface area contributed by atoms with E-state index in [4.69, 9.17) is 4.84 Å². The summed E-state index contributed by atoms with van der Waals surface area (Å²) in [7, 11) is 0. The molecule has 96 valence electrons. The number of hydrogen-bond donors (Lipinski definition) is 1. The van der Waals surface area contributed by atoms with E-state index in [0.29, 0.717) is 0 Å². The smallest absolute Gasteiger partial charge is 0.106 e. The molecule has 0 aromatic carbocycles. The summed E-state index contributed by atoms with van der Waals surface area (Å²) < 4.78 is 0. The number of unbranched alkanes of at least 4 members (excludes halogenated alkanes) is 6. The highest BCUT2D eigenvalue weighted by Crippen LogP contribution is 2.11. The van der Waals surface area contributed by atoms with Gasteiger partial charge in [-0.05, 0) is 39.0 Å². The average Bonchev–Trinajstić information content (AvgIpc) is 2.29. The predicted octanol–water partition coefficient (Wildman–Crippen LogP) is 3.64. The van der Waals surface area contributed by atoms with E-state index in [9.17, 15) is 0 Å². The first kappa shape index (κ1) is 15.7. The highest BCUT2D eigenvalue weighted by Gasteiger charge is 1.92. The van der Waals surface area contributed by atoms with Crippen molar-refractivity contribution in [3.8, 4) is 0 Å². The van der Waals surface area contributed by atoms with Crippen molar-refractivity contribution in [3.05, 3.63) is 11.6 Å². The van der Waals surface area contributed by atoms with Gasteiger partial charge in [-0.25, -0.2) is 10.7 Å². The van der Waals surface area contributed by atoms with Crippen molar-refractivity contribution in [2.75, 3.05) is 6.61 Å². The van der Waals surface area contributed by atoms with E-state index in [1.54, 1.807) is 5.57 Å². The molecular weight excluding hydrogens is 198 g/mol. The zero-order valence-electron chi connectivity index (χ0n) is 11.3. The van der Waals surface area contributed by atoms with Gasteiger partial charge in [0.05, 0.1) is 0 Å². The van der Waals surface area contributed by atoms with Crippen LogP contribution in [0.5, 0.6) is 0 Å². The quantitative estimate of drug-likeness (QED) is 0.327. The van der Waals surface area contributed by atoms with Gasteiger partial charge in [-0.15, -0.1) is 0 Å². The molecule has 0 heterocycles. The van der Waals surface area contributed by atoms with E-state index < -0.39 is 0 Å². The van der Waals surface area contributed by atoms with Gasteiger partial charge < -0.3 is 0 Å². The second-order valence-electron chi connectivity index (χ2n) is 4.62. The van der Waals surface area contributed by atoms with Gasteiger partial charge in [-0.1, -0.05) is 44.3 Å². The van der Waals surface area contributed by atoms with Crippen LogP contribution < -0.4 is 5.90 Å². The number of allylic oxidation sites excluding steroid dienone is 2. The van der Waals surface area contributed by atoms with Crippen molar-refractivity contribution in [2.24, 2.45) is 0 Å². The zero-order chi connectivity index (χ0) is 12.1. The second-order valence-corrected chi connectivity index (χ2v) is 4.62. The summed E-state index contributed by atoms with van der Waals surface area (Å²) in [5, 5.41) is 0. The van der Waals surface area contributed by atoms with E-state index in [1.807, 2.05) is 0 Å². The minimum Gasteiger partial charge on any atom is -0.213 e. The molecule has 0 rings (SSSR count). The summed E-state index contributed by atoms with van der Waals surface area (Å²) in [4.78, 5) is 4.78. The van der Waals surface area contributed by atoms with Crippen molar-refractivity contribution in [1.29, 1.82) is 0 Å². The minimum atomic E-state index is 0.805. The van der Waals surface area contributed by atoms with Gasteiger partial charge in [0.25, 0.3) is 0 Å². The standard InChI is InChI=1S/C14H30NO/c1-3-4-5-8-11-14(2)12-9-6-7-10-13-16-15/h12H,3-11,13H2,1-2,15H3/q+1. The van der Waals surface area contributed by atoms with Gasteiger partial charge in [-0.2, -0.15) is 0 Å². The first-order chi connectivity index (χ1) is 7.81. The lowest BCUT2D eigenvalue weighted by molar-refractivity contribution is -0.689. The first-order valence-corrected chi connectivity index (χ1v) is 6.83. The molecular formula is C14H30NO+. The van der Waals surface area contributed by atoms with Gasteiger partial charge in [0.1, 0.15) is 6.61 Å². The van der Waals surface area contributed by atoms with Crippen LogP contribution in [-0.2, 0) is 4.84 Å². The molecule has 2 nitrogen and oxygen atoms in total. The largest absolute Gasteiger partial charge is 0.213 e. The van der Waals surface area contributed by atoms with Crippen LogP contribution in [0.3, 0.4) is 0 Å². The fourth-order valence-electron chi connectivity index (χ4n) is 1.81. The first-order valence-electron chi connectivity index (χ1n) is 6.83. The molecule has 0 amide bonds. The van der Waals surface area contributed by atoms with Gasteiger partial charge in [-0.3, -0.25) is 0 Å². The van der Waals surface area contributed by atoms with Gasteiger partial charge in [0.2, 0.25) is 0 Å². The van der Waals surface area contributed by atoms with Crippen molar-refractivity contribution >= 4 is 0 Å². The number of hydrogen-bond acceptors (Lipinski definition) is 1. The molecule has 0 unspecified atom stereocenters. The second kappa shape index (κ2) is 12.7. The van der Waals surface area contributed by atoms with Gasteiger partial charge in [0.15, 0.2) is 0 Å². The van der Waals surface area contributed by atoms with Gasteiger partial charge >= 0.3 is 0 Å². The molecule has 0 radical (unpaired) electrons. The van der Waals surface area contributed by atoms with Crippen molar-refractivity contribution in [1.82, 2.24) is 0 Å². The van der Waals surface area contributed by atoms with E-state index in [2.05, 4.69) is 25.8 Å². The third-order valence-electron chi connectivity index (χ3n) is 2.91. The average molecular weight is 228 g/mol. The van der Waals surface area contributed by atoms with Gasteiger partial charge in [0, 0.05) is 0 Å². The molecule has 2 heteroatoms. The summed E-state index contributed by atoms with van der Waals surface area (Å²) in [5.41, 5.74) is 1.57. The zero-order valence-corrected chi connectivity index (χ0v) is 11.3. The molecule has 0 fully saturated rings. The van der Waals surface area contributed by atoms with Crippen LogP contribution in [0.2, 0.25) is 0 Å². The normalized spacial score (nSPS) is 12.1. The lowest BCUT2D eigenvalue weighted by Gasteiger charge is -2.01. The van der Waals surface area contributed by atoms with Crippen LogP contribution in [0, 0.1) is 0 Å². The summed E-state index contributed by atoms with van der Waals surface area (Å²) in [6.07, 6.45) is 14.1. The predicted molar refractivity (Wildman–Crippen MR) is 69.8 cm³/mol. The Morgan fingerprint density at radius 3 is 2.50 bits per heavy atom. The van der Waals surface area contributed by atoms with Crippen molar-refractivity contribution in [3.63, 3.8) is 0 Å². The van der Waals surface area contributed by atoms with Crippen LogP contribution in [0.1, 0.15) is 71.6 Å². The molecule has 0 saturated carbocycles. The molecule has 0 aromatic rings. The maximum Gasteiger partial charge on any atom is 0.106 e. The van der Waals surface area contributed by atoms with E-state index in [1.165, 1.54) is 51.4 Å². The Hall–Kier alpha value is -0.340. The van der Waals surface area contributed by atoms with Crippen LogP contribution >= 0.6 is 0 Å². The molecule has 0 aliphatic heterocycles. The Labute approximate surface area is 101 Å². The fraction of sp³-hybridized carbons (Fsp3) is 0.857. The number of quaternary nitrogens is 1. The van der Waals surface area contributed by atoms with Crippen molar-refractivity contribution in [2.45, 2.75) is 71.6 Å². The van der Waals surface area contributed by atoms with E-state index >= 15 is 0 Å². The summed E-state index contributed by atoms with van der Waals surface area (Å²) >= 11 is 0. The lowest BCUT2D eigenvalue weighted by atomic mass is 10.1. The third kappa shape index (κ3) is 11.7. The SMILES string of the molecule is CCCCCCC(C)=CCCCCCO[NH3+]. The van der Waals surface area contributed by atoms with Crippen molar-refractivity contribution < 1.29 is 10.7 Å². The maximum absolute atomic E-state index is 4.78. The molecule has 0 aliphatic carbocycles. The minimum absolute atomic E-state index is 0.805. The van der Waals surface area contributed by atoms with E-state index in [-0.39, 0.29) is 0 Å². The molecule has 0 atom stereocenters. The Balaban J connectivity index is 3.26. The molecule has 0 bridgehead atoms. The Bertz CT molecular complexity index is 166. The number of rotatable bonds is 11. The summed E-state index contributed by atoms with van der Waals surface area (Å²) in [5.74, 6) is 3.37. The summed E-state index contributed by atoms with van der Waals surface area (Å²) in [6.45, 7) is 5.34. The Morgan fingerprint density at radius 2 is 1.81 bits per heavy atom. The Morgan fingerprint density at radius 1 is 1.06 bits per heavy atom. The van der Waals surface area contributed by atoms with Crippen LogP contribution in [0.15, 0.2) is 11.6 Å².